The molecule has 1 aromatic rings. The fraction of sp³-hybridized carbons (Fsp3) is 0.625. The van der Waals surface area contributed by atoms with E-state index in [1.165, 1.54) is 11.1 Å². The van der Waals surface area contributed by atoms with E-state index in [0.717, 1.165) is 38.3 Å². The number of ether oxygens (including phenoxy) is 1. The topological polar surface area (TPSA) is 33.3 Å². The van der Waals surface area contributed by atoms with Crippen LogP contribution in [0.25, 0.3) is 0 Å². The van der Waals surface area contributed by atoms with Gasteiger partial charge in [0.2, 0.25) is 0 Å². The van der Waals surface area contributed by atoms with E-state index in [1.54, 1.807) is 7.11 Å². The van der Waals surface area contributed by atoms with E-state index in [0.29, 0.717) is 5.92 Å². The summed E-state index contributed by atoms with van der Waals surface area (Å²) in [5.41, 5.74) is 2.67. The molecule has 1 rings (SSSR count). The minimum absolute atomic E-state index is 0.561. The van der Waals surface area contributed by atoms with Gasteiger partial charge in [0, 0.05) is 13.1 Å². The molecule has 0 amide bonds. The van der Waals surface area contributed by atoms with Gasteiger partial charge in [0.15, 0.2) is 0 Å². The molecule has 0 unspecified atom stereocenters. The first kappa shape index (κ1) is 16.0. The first-order chi connectivity index (χ1) is 9.19. The highest BCUT2D eigenvalue weighted by Gasteiger charge is 2.06. The molecule has 0 spiro atoms. The molecular weight excluding hydrogens is 236 g/mol. The molecule has 19 heavy (non-hydrogen) atoms. The number of likely N-dealkylation sites (N-methyl/N-ethyl adjacent to an activating group) is 1. The van der Waals surface area contributed by atoms with Crippen LogP contribution in [0.4, 0.5) is 0 Å². The van der Waals surface area contributed by atoms with Crippen LogP contribution in [-0.2, 0) is 6.42 Å². The summed E-state index contributed by atoms with van der Waals surface area (Å²) in [5.74, 6) is 1.56. The van der Waals surface area contributed by atoms with Crippen LogP contribution in [0, 0.1) is 0 Å². The van der Waals surface area contributed by atoms with Crippen LogP contribution < -0.4 is 15.4 Å². The van der Waals surface area contributed by atoms with Crippen molar-refractivity contribution in [1.29, 1.82) is 0 Å². The van der Waals surface area contributed by atoms with Crippen LogP contribution in [0.5, 0.6) is 5.75 Å². The molecule has 0 aromatic heterocycles. The van der Waals surface area contributed by atoms with Crippen molar-refractivity contribution >= 4 is 0 Å². The van der Waals surface area contributed by atoms with E-state index < -0.39 is 0 Å². The highest BCUT2D eigenvalue weighted by atomic mass is 16.5. The Bertz CT molecular complexity index is 364. The minimum Gasteiger partial charge on any atom is -0.496 e. The first-order valence-corrected chi connectivity index (χ1v) is 7.27. The third kappa shape index (κ3) is 5.62. The maximum absolute atomic E-state index is 5.44. The molecule has 0 aliphatic carbocycles. The van der Waals surface area contributed by atoms with Gasteiger partial charge in [0.05, 0.1) is 7.11 Å². The monoisotopic (exact) mass is 264 g/mol. The Balaban J connectivity index is 2.48. The number of nitrogens with one attached hydrogen (secondary N) is 2. The number of hydrogen-bond acceptors (Lipinski definition) is 3. The predicted octanol–water partition coefficient (Wildman–Crippen LogP) is 2.56. The molecule has 0 radical (unpaired) electrons. The van der Waals surface area contributed by atoms with Crippen molar-refractivity contribution in [1.82, 2.24) is 10.6 Å². The smallest absolute Gasteiger partial charge is 0.122 e. The van der Waals surface area contributed by atoms with Crippen LogP contribution in [0.3, 0.4) is 0 Å². The summed E-state index contributed by atoms with van der Waals surface area (Å²) in [6.07, 6.45) is 1.01. The van der Waals surface area contributed by atoms with Crippen molar-refractivity contribution < 1.29 is 4.74 Å². The maximum Gasteiger partial charge on any atom is 0.122 e. The van der Waals surface area contributed by atoms with Gasteiger partial charge in [-0.1, -0.05) is 32.9 Å². The standard InChI is InChI=1S/C16H28N2O/c1-5-17-10-11-18-9-8-15-12-14(13(2)3)6-7-16(15)19-4/h6-7,12-13,17-18H,5,8-11H2,1-4H3. The Morgan fingerprint density at radius 1 is 1.11 bits per heavy atom. The lowest BCUT2D eigenvalue weighted by molar-refractivity contribution is 0.409. The van der Waals surface area contributed by atoms with Gasteiger partial charge in [-0.15, -0.1) is 0 Å². The number of benzene rings is 1. The Morgan fingerprint density at radius 3 is 2.47 bits per heavy atom. The molecule has 0 aliphatic rings. The Kier molecular flexibility index (Phi) is 7.53. The van der Waals surface area contributed by atoms with Crippen molar-refractivity contribution in [2.75, 3.05) is 33.3 Å². The van der Waals surface area contributed by atoms with Crippen LogP contribution in [0.2, 0.25) is 0 Å². The van der Waals surface area contributed by atoms with Gasteiger partial charge in [-0.3, -0.25) is 0 Å². The van der Waals surface area contributed by atoms with E-state index in [2.05, 4.69) is 49.6 Å². The summed E-state index contributed by atoms with van der Waals surface area (Å²) in [7, 11) is 1.74. The third-order valence-corrected chi connectivity index (χ3v) is 3.27. The molecule has 0 heterocycles. The van der Waals surface area contributed by atoms with Gasteiger partial charge >= 0.3 is 0 Å². The SMILES string of the molecule is CCNCCNCCc1cc(C(C)C)ccc1OC. The highest BCUT2D eigenvalue weighted by molar-refractivity contribution is 5.38. The summed E-state index contributed by atoms with van der Waals surface area (Å²) in [6.45, 7) is 10.6. The largest absolute Gasteiger partial charge is 0.496 e. The second-order valence-corrected chi connectivity index (χ2v) is 5.08. The van der Waals surface area contributed by atoms with E-state index in [1.807, 2.05) is 0 Å². The number of methoxy groups -OCH3 is 1. The molecule has 0 atom stereocenters. The molecule has 3 nitrogen and oxygen atoms in total. The van der Waals surface area contributed by atoms with Gasteiger partial charge in [-0.05, 0) is 42.6 Å². The Labute approximate surface area is 117 Å². The normalized spacial score (nSPS) is 11.0. The lowest BCUT2D eigenvalue weighted by Gasteiger charge is -2.13. The van der Waals surface area contributed by atoms with E-state index in [9.17, 15) is 0 Å². The van der Waals surface area contributed by atoms with Crippen molar-refractivity contribution in [3.63, 3.8) is 0 Å². The molecule has 3 heteroatoms. The van der Waals surface area contributed by atoms with Crippen molar-refractivity contribution in [3.8, 4) is 5.75 Å². The third-order valence-electron chi connectivity index (χ3n) is 3.27. The van der Waals surface area contributed by atoms with Crippen LogP contribution in [-0.4, -0.2) is 33.3 Å². The lowest BCUT2D eigenvalue weighted by atomic mass is 9.99. The summed E-state index contributed by atoms with van der Waals surface area (Å²) in [4.78, 5) is 0. The number of rotatable bonds is 9. The molecule has 1 aromatic carbocycles. The highest BCUT2D eigenvalue weighted by Crippen LogP contribution is 2.24. The summed E-state index contributed by atoms with van der Waals surface area (Å²) < 4.78 is 5.44. The molecule has 0 fully saturated rings. The molecule has 2 N–H and O–H groups in total. The zero-order valence-corrected chi connectivity index (χ0v) is 12.8. The average Bonchev–Trinajstić information content (AvgIpc) is 2.42. The molecule has 0 saturated carbocycles. The summed E-state index contributed by atoms with van der Waals surface area (Å²) in [6, 6.07) is 6.52. The molecule has 0 bridgehead atoms. The Hall–Kier alpha value is -1.06. The molecule has 0 aliphatic heterocycles. The van der Waals surface area contributed by atoms with Gasteiger partial charge in [-0.25, -0.2) is 0 Å². The second kappa shape index (κ2) is 8.94. The molecule has 108 valence electrons. The number of hydrogen-bond donors (Lipinski definition) is 2. The lowest BCUT2D eigenvalue weighted by Crippen LogP contribution is -2.28. The van der Waals surface area contributed by atoms with E-state index in [-0.39, 0.29) is 0 Å². The van der Waals surface area contributed by atoms with E-state index in [4.69, 9.17) is 4.74 Å². The predicted molar refractivity (Wildman–Crippen MR) is 82.2 cm³/mol. The maximum atomic E-state index is 5.44. The van der Waals surface area contributed by atoms with Crippen LogP contribution >= 0.6 is 0 Å². The van der Waals surface area contributed by atoms with Crippen molar-refractivity contribution in [2.24, 2.45) is 0 Å². The zero-order chi connectivity index (χ0) is 14.1. The van der Waals surface area contributed by atoms with Gasteiger partial charge in [0.25, 0.3) is 0 Å². The van der Waals surface area contributed by atoms with Crippen LogP contribution in [0.1, 0.15) is 37.8 Å². The first-order valence-electron chi connectivity index (χ1n) is 7.27. The van der Waals surface area contributed by atoms with E-state index >= 15 is 0 Å². The van der Waals surface area contributed by atoms with Crippen LogP contribution in [0.15, 0.2) is 18.2 Å². The summed E-state index contributed by atoms with van der Waals surface area (Å²) in [5, 5.41) is 6.76. The molecule has 0 saturated heterocycles. The van der Waals surface area contributed by atoms with Gasteiger partial charge in [-0.2, -0.15) is 0 Å². The fourth-order valence-electron chi connectivity index (χ4n) is 2.05. The van der Waals surface area contributed by atoms with Gasteiger partial charge in [0.1, 0.15) is 5.75 Å². The summed E-state index contributed by atoms with van der Waals surface area (Å²) >= 11 is 0. The molecular formula is C16H28N2O. The van der Waals surface area contributed by atoms with Crippen molar-refractivity contribution in [3.05, 3.63) is 29.3 Å². The average molecular weight is 264 g/mol. The Morgan fingerprint density at radius 2 is 1.84 bits per heavy atom. The fourth-order valence-corrected chi connectivity index (χ4v) is 2.05. The zero-order valence-electron chi connectivity index (χ0n) is 12.8. The minimum atomic E-state index is 0.561. The van der Waals surface area contributed by atoms with Crippen molar-refractivity contribution in [2.45, 2.75) is 33.1 Å². The quantitative estimate of drug-likeness (QED) is 0.673. The second-order valence-electron chi connectivity index (χ2n) is 5.08. The van der Waals surface area contributed by atoms with Gasteiger partial charge < -0.3 is 15.4 Å².